The molecule has 0 aliphatic rings. The highest BCUT2D eigenvalue weighted by Gasteiger charge is 2.34. The molecular formula is C21H23F3N4O3. The maximum absolute atomic E-state index is 13.5. The number of urea groups is 1. The molecule has 0 saturated heterocycles. The van der Waals surface area contributed by atoms with Gasteiger partial charge in [-0.1, -0.05) is 32.0 Å². The average molecular weight is 436 g/mol. The molecule has 0 aliphatic carbocycles. The monoisotopic (exact) mass is 436 g/mol. The molecule has 10 heteroatoms. The molecule has 0 aromatic heterocycles. The first-order chi connectivity index (χ1) is 14.6. The summed E-state index contributed by atoms with van der Waals surface area (Å²) in [5, 5.41) is 9.26. The van der Waals surface area contributed by atoms with Crippen LogP contribution in [-0.4, -0.2) is 30.9 Å². The lowest BCUT2D eigenvalue weighted by atomic mass is 10.1. The number of anilines is 2. The Kier molecular flexibility index (Phi) is 8.00. The van der Waals surface area contributed by atoms with Crippen molar-refractivity contribution in [3.63, 3.8) is 0 Å². The molecule has 0 unspecified atom stereocenters. The van der Waals surface area contributed by atoms with Gasteiger partial charge in [0.05, 0.1) is 17.8 Å². The largest absolute Gasteiger partial charge is 0.418 e. The summed E-state index contributed by atoms with van der Waals surface area (Å²) in [6.07, 6.45) is -4.79. The quantitative estimate of drug-likeness (QED) is 0.531. The van der Waals surface area contributed by atoms with E-state index in [0.29, 0.717) is 6.54 Å². The smallest absolute Gasteiger partial charge is 0.354 e. The fourth-order valence-electron chi connectivity index (χ4n) is 2.47. The van der Waals surface area contributed by atoms with E-state index in [2.05, 4.69) is 21.3 Å². The molecule has 0 heterocycles. The van der Waals surface area contributed by atoms with Crippen LogP contribution in [0.2, 0.25) is 0 Å². The fraction of sp³-hybridized carbons (Fsp3) is 0.286. The van der Waals surface area contributed by atoms with E-state index in [4.69, 9.17) is 0 Å². The van der Waals surface area contributed by atoms with Gasteiger partial charge in [-0.05, 0) is 36.2 Å². The molecule has 0 bridgehead atoms. The Morgan fingerprint density at radius 2 is 1.61 bits per heavy atom. The van der Waals surface area contributed by atoms with E-state index in [1.807, 2.05) is 13.8 Å². The van der Waals surface area contributed by atoms with E-state index < -0.39 is 35.3 Å². The van der Waals surface area contributed by atoms with Gasteiger partial charge in [0.15, 0.2) is 0 Å². The zero-order valence-electron chi connectivity index (χ0n) is 17.0. The van der Waals surface area contributed by atoms with Gasteiger partial charge in [0.2, 0.25) is 5.91 Å². The Bertz CT molecular complexity index is 931. The van der Waals surface area contributed by atoms with Crippen molar-refractivity contribution >= 4 is 29.2 Å². The van der Waals surface area contributed by atoms with Crippen molar-refractivity contribution in [2.24, 2.45) is 5.92 Å². The van der Waals surface area contributed by atoms with Crippen LogP contribution < -0.4 is 21.3 Å². The van der Waals surface area contributed by atoms with Crippen LogP contribution in [0.5, 0.6) is 0 Å². The van der Waals surface area contributed by atoms with Crippen LogP contribution in [0, 0.1) is 5.92 Å². The molecule has 4 amide bonds. The fourth-order valence-corrected chi connectivity index (χ4v) is 2.47. The Hall–Kier alpha value is -3.56. The summed E-state index contributed by atoms with van der Waals surface area (Å²) < 4.78 is 40.4. The number of nitrogens with one attached hydrogen (secondary N) is 4. The van der Waals surface area contributed by atoms with Gasteiger partial charge in [-0.3, -0.25) is 9.59 Å². The Morgan fingerprint density at radius 3 is 2.23 bits per heavy atom. The molecule has 2 aromatic rings. The summed E-state index contributed by atoms with van der Waals surface area (Å²) in [5.74, 6) is -0.813. The number of carbonyl (C=O) groups is 3. The van der Waals surface area contributed by atoms with Gasteiger partial charge in [-0.2, -0.15) is 13.2 Å². The molecule has 0 fully saturated rings. The molecule has 2 rings (SSSR count). The number of alkyl halides is 3. The van der Waals surface area contributed by atoms with Crippen LogP contribution >= 0.6 is 0 Å². The minimum Gasteiger partial charge on any atom is -0.354 e. The number of benzene rings is 2. The van der Waals surface area contributed by atoms with Crippen LogP contribution in [0.3, 0.4) is 0 Å². The topological polar surface area (TPSA) is 99.3 Å². The second kappa shape index (κ2) is 10.5. The van der Waals surface area contributed by atoms with Crippen LogP contribution in [0.25, 0.3) is 0 Å². The minimum atomic E-state index is -4.79. The SMILES string of the molecule is CC(C)CNC(=O)CNC(=O)Nc1ccc(NC(=O)c2ccccc2)cc1C(F)(F)F. The molecular weight excluding hydrogens is 413 g/mol. The minimum absolute atomic E-state index is 0.0831. The van der Waals surface area contributed by atoms with Crippen molar-refractivity contribution in [1.82, 2.24) is 10.6 Å². The van der Waals surface area contributed by atoms with Gasteiger partial charge in [0.25, 0.3) is 5.91 Å². The normalized spacial score (nSPS) is 11.0. The third-order valence-electron chi connectivity index (χ3n) is 3.98. The van der Waals surface area contributed by atoms with Crippen molar-refractivity contribution < 1.29 is 27.6 Å². The van der Waals surface area contributed by atoms with E-state index in [1.54, 1.807) is 18.2 Å². The molecule has 7 nitrogen and oxygen atoms in total. The van der Waals surface area contributed by atoms with E-state index >= 15 is 0 Å². The Labute approximate surface area is 177 Å². The molecule has 0 saturated carbocycles. The zero-order chi connectivity index (χ0) is 23.0. The Morgan fingerprint density at radius 1 is 0.935 bits per heavy atom. The second-order valence-corrected chi connectivity index (χ2v) is 7.08. The van der Waals surface area contributed by atoms with E-state index in [0.717, 1.165) is 12.1 Å². The zero-order valence-corrected chi connectivity index (χ0v) is 17.0. The van der Waals surface area contributed by atoms with Crippen LogP contribution in [0.4, 0.5) is 29.3 Å². The van der Waals surface area contributed by atoms with Gasteiger partial charge in [0.1, 0.15) is 0 Å². The highest BCUT2D eigenvalue weighted by atomic mass is 19.4. The number of hydrogen-bond donors (Lipinski definition) is 4. The summed E-state index contributed by atoms with van der Waals surface area (Å²) in [4.78, 5) is 35.7. The molecule has 31 heavy (non-hydrogen) atoms. The maximum atomic E-state index is 13.5. The van der Waals surface area contributed by atoms with Crippen molar-refractivity contribution in [2.45, 2.75) is 20.0 Å². The Balaban J connectivity index is 2.07. The average Bonchev–Trinajstić information content (AvgIpc) is 2.71. The van der Waals surface area contributed by atoms with E-state index in [9.17, 15) is 27.6 Å². The lowest BCUT2D eigenvalue weighted by molar-refractivity contribution is -0.136. The van der Waals surface area contributed by atoms with E-state index in [-0.39, 0.29) is 23.7 Å². The molecule has 0 radical (unpaired) electrons. The van der Waals surface area contributed by atoms with Crippen LogP contribution in [0.15, 0.2) is 48.5 Å². The first-order valence-corrected chi connectivity index (χ1v) is 9.45. The predicted molar refractivity (Wildman–Crippen MR) is 111 cm³/mol. The number of carbonyl (C=O) groups excluding carboxylic acids is 3. The van der Waals surface area contributed by atoms with Gasteiger partial charge in [-0.25, -0.2) is 4.79 Å². The number of hydrogen-bond acceptors (Lipinski definition) is 3. The number of amides is 4. The summed E-state index contributed by atoms with van der Waals surface area (Å²) in [5.41, 5.74) is -1.45. The highest BCUT2D eigenvalue weighted by Crippen LogP contribution is 2.36. The molecule has 2 aromatic carbocycles. The molecule has 0 atom stereocenters. The summed E-state index contributed by atoms with van der Waals surface area (Å²) in [6, 6.07) is 10.0. The molecule has 4 N–H and O–H groups in total. The van der Waals surface area contributed by atoms with Gasteiger partial charge in [0, 0.05) is 17.8 Å². The van der Waals surface area contributed by atoms with Gasteiger partial charge in [-0.15, -0.1) is 0 Å². The third-order valence-corrected chi connectivity index (χ3v) is 3.98. The first kappa shape index (κ1) is 23.7. The maximum Gasteiger partial charge on any atom is 0.418 e. The second-order valence-electron chi connectivity index (χ2n) is 7.08. The van der Waals surface area contributed by atoms with Gasteiger partial charge < -0.3 is 21.3 Å². The first-order valence-electron chi connectivity index (χ1n) is 9.45. The lowest BCUT2D eigenvalue weighted by Crippen LogP contribution is -2.40. The summed E-state index contributed by atoms with van der Waals surface area (Å²) in [6.45, 7) is 3.82. The van der Waals surface area contributed by atoms with Crippen LogP contribution in [-0.2, 0) is 11.0 Å². The lowest BCUT2D eigenvalue weighted by Gasteiger charge is -2.16. The number of halogens is 3. The van der Waals surface area contributed by atoms with Crippen molar-refractivity contribution in [3.05, 3.63) is 59.7 Å². The third kappa shape index (κ3) is 7.65. The van der Waals surface area contributed by atoms with Crippen molar-refractivity contribution in [1.29, 1.82) is 0 Å². The van der Waals surface area contributed by atoms with Gasteiger partial charge >= 0.3 is 12.2 Å². The van der Waals surface area contributed by atoms with E-state index in [1.165, 1.54) is 18.2 Å². The standard InChI is InChI=1S/C21H23F3N4O3/c1-13(2)11-25-18(29)12-26-20(31)28-17-9-8-15(10-16(17)21(22,23)24)27-19(30)14-6-4-3-5-7-14/h3-10,13H,11-12H2,1-2H3,(H,25,29)(H,27,30)(H2,26,28,31). The molecule has 0 spiro atoms. The molecule has 166 valence electrons. The van der Waals surface area contributed by atoms with Crippen molar-refractivity contribution in [3.8, 4) is 0 Å². The molecule has 0 aliphatic heterocycles. The predicted octanol–water partition coefficient (Wildman–Crippen LogP) is 3.85. The summed E-state index contributed by atoms with van der Waals surface area (Å²) >= 11 is 0. The van der Waals surface area contributed by atoms with Crippen molar-refractivity contribution in [2.75, 3.05) is 23.7 Å². The number of rotatable bonds is 7. The summed E-state index contributed by atoms with van der Waals surface area (Å²) in [7, 11) is 0. The highest BCUT2D eigenvalue weighted by molar-refractivity contribution is 6.04. The van der Waals surface area contributed by atoms with Crippen LogP contribution in [0.1, 0.15) is 29.8 Å².